The molecule has 0 spiro atoms. The summed E-state index contributed by atoms with van der Waals surface area (Å²) in [5, 5.41) is 2.84. The minimum atomic E-state index is -0.318. The Balaban J connectivity index is 1.62. The average molecular weight is 296 g/mol. The Labute approximate surface area is 128 Å². The largest absolute Gasteiger partial charge is 0.379 e. The van der Waals surface area contributed by atoms with Gasteiger partial charge in [0.1, 0.15) is 0 Å². The molecule has 1 heterocycles. The maximum Gasteiger partial charge on any atom is 0.260 e. The second-order valence-corrected chi connectivity index (χ2v) is 5.07. The molecule has 1 atom stereocenters. The molecule has 1 aliphatic heterocycles. The van der Waals surface area contributed by atoms with Crippen LogP contribution in [0, 0.1) is 0 Å². The van der Waals surface area contributed by atoms with Gasteiger partial charge in [-0.2, -0.15) is 5.48 Å². The number of carbonyl (C=O) groups excluding carboxylic acids is 2. The molecule has 2 aromatic rings. The molecule has 22 heavy (non-hydrogen) atoms. The van der Waals surface area contributed by atoms with Crippen LogP contribution in [0.2, 0.25) is 0 Å². The van der Waals surface area contributed by atoms with Crippen LogP contribution in [0.3, 0.4) is 0 Å². The van der Waals surface area contributed by atoms with Gasteiger partial charge in [-0.25, -0.2) is 0 Å². The van der Waals surface area contributed by atoms with E-state index in [2.05, 4.69) is 10.8 Å². The standard InChI is InChI=1S/C17H16N2O3/c20-16(12-6-2-1-3-7-12)18-11-10-14-13-8-4-5-9-15(13)22-19-17(14)21/h1-9,14H,10-11H2,(H,18,20)(H,19,21). The first kappa shape index (κ1) is 14.1. The van der Waals surface area contributed by atoms with E-state index in [1.54, 1.807) is 12.1 Å². The Morgan fingerprint density at radius 1 is 1.09 bits per heavy atom. The average Bonchev–Trinajstić information content (AvgIpc) is 2.57. The molecule has 0 bridgehead atoms. The van der Waals surface area contributed by atoms with Crippen molar-refractivity contribution in [3.63, 3.8) is 0 Å². The molecule has 1 unspecified atom stereocenters. The Kier molecular flexibility index (Phi) is 4.05. The summed E-state index contributed by atoms with van der Waals surface area (Å²) in [7, 11) is 0. The molecule has 0 fully saturated rings. The molecular weight excluding hydrogens is 280 g/mol. The molecule has 3 rings (SSSR count). The Morgan fingerprint density at radius 2 is 1.82 bits per heavy atom. The van der Waals surface area contributed by atoms with Crippen LogP contribution in [0.4, 0.5) is 0 Å². The lowest BCUT2D eigenvalue weighted by Gasteiger charge is -2.24. The number of benzene rings is 2. The van der Waals surface area contributed by atoms with Crippen LogP contribution in [-0.2, 0) is 4.79 Å². The van der Waals surface area contributed by atoms with Crippen molar-refractivity contribution < 1.29 is 14.4 Å². The lowest BCUT2D eigenvalue weighted by atomic mass is 9.93. The first-order valence-electron chi connectivity index (χ1n) is 7.14. The number of para-hydroxylation sites is 1. The smallest absolute Gasteiger partial charge is 0.260 e. The van der Waals surface area contributed by atoms with Crippen molar-refractivity contribution in [1.29, 1.82) is 0 Å². The van der Waals surface area contributed by atoms with Crippen LogP contribution >= 0.6 is 0 Å². The van der Waals surface area contributed by atoms with Gasteiger partial charge in [-0.3, -0.25) is 9.59 Å². The molecule has 2 amide bonds. The van der Waals surface area contributed by atoms with Gasteiger partial charge in [0.15, 0.2) is 5.75 Å². The highest BCUT2D eigenvalue weighted by Crippen LogP contribution is 2.31. The molecule has 0 saturated heterocycles. The van der Waals surface area contributed by atoms with Crippen LogP contribution in [0.1, 0.15) is 28.3 Å². The van der Waals surface area contributed by atoms with E-state index in [4.69, 9.17) is 4.84 Å². The predicted molar refractivity (Wildman–Crippen MR) is 81.3 cm³/mol. The van der Waals surface area contributed by atoms with Gasteiger partial charge in [-0.15, -0.1) is 0 Å². The SMILES string of the molecule is O=C(NCCC1C(=O)NOc2ccccc21)c1ccccc1. The highest BCUT2D eigenvalue weighted by atomic mass is 16.7. The molecule has 0 aliphatic carbocycles. The summed E-state index contributed by atoms with van der Waals surface area (Å²) in [6.07, 6.45) is 0.519. The number of fused-ring (bicyclic) bond motifs is 1. The van der Waals surface area contributed by atoms with Crippen LogP contribution in [0.5, 0.6) is 5.75 Å². The maximum atomic E-state index is 12.0. The van der Waals surface area contributed by atoms with Crippen molar-refractivity contribution in [3.8, 4) is 5.75 Å². The molecule has 2 N–H and O–H groups in total. The quantitative estimate of drug-likeness (QED) is 0.907. The zero-order valence-electron chi connectivity index (χ0n) is 11.9. The molecule has 5 nitrogen and oxygen atoms in total. The number of carbonyl (C=O) groups is 2. The zero-order valence-corrected chi connectivity index (χ0v) is 11.9. The van der Waals surface area contributed by atoms with E-state index in [-0.39, 0.29) is 17.7 Å². The van der Waals surface area contributed by atoms with Crippen molar-refractivity contribution in [2.75, 3.05) is 6.54 Å². The highest BCUT2D eigenvalue weighted by molar-refractivity contribution is 5.94. The summed E-state index contributed by atoms with van der Waals surface area (Å²) in [6.45, 7) is 0.417. The lowest BCUT2D eigenvalue weighted by molar-refractivity contribution is -0.131. The fraction of sp³-hybridized carbons (Fsp3) is 0.176. The maximum absolute atomic E-state index is 12.0. The van der Waals surface area contributed by atoms with Gasteiger partial charge in [0, 0.05) is 17.7 Å². The van der Waals surface area contributed by atoms with Crippen LogP contribution in [0.25, 0.3) is 0 Å². The van der Waals surface area contributed by atoms with Gasteiger partial charge in [0.25, 0.3) is 11.8 Å². The van der Waals surface area contributed by atoms with Crippen molar-refractivity contribution in [2.45, 2.75) is 12.3 Å². The number of amides is 2. The summed E-state index contributed by atoms with van der Waals surface area (Å²) in [4.78, 5) is 29.1. The summed E-state index contributed by atoms with van der Waals surface area (Å²) in [5.74, 6) is 0.0107. The monoisotopic (exact) mass is 296 g/mol. The van der Waals surface area contributed by atoms with Gasteiger partial charge in [-0.05, 0) is 24.6 Å². The zero-order chi connectivity index (χ0) is 15.4. The third kappa shape index (κ3) is 2.93. The van der Waals surface area contributed by atoms with Crippen LogP contribution in [-0.4, -0.2) is 18.4 Å². The number of nitrogens with one attached hydrogen (secondary N) is 2. The van der Waals surface area contributed by atoms with Gasteiger partial charge in [0.05, 0.1) is 5.92 Å². The molecule has 2 aromatic carbocycles. The van der Waals surface area contributed by atoms with E-state index in [9.17, 15) is 9.59 Å². The third-order valence-corrected chi connectivity index (χ3v) is 3.63. The van der Waals surface area contributed by atoms with E-state index in [1.165, 1.54) is 0 Å². The van der Waals surface area contributed by atoms with Crippen molar-refractivity contribution >= 4 is 11.8 Å². The van der Waals surface area contributed by atoms with Gasteiger partial charge < -0.3 is 10.2 Å². The summed E-state index contributed by atoms with van der Waals surface area (Å²) in [6, 6.07) is 16.4. The van der Waals surface area contributed by atoms with Crippen molar-refractivity contribution in [1.82, 2.24) is 10.8 Å². The second kappa shape index (κ2) is 6.30. The van der Waals surface area contributed by atoms with Crippen LogP contribution in [0.15, 0.2) is 54.6 Å². The number of hydroxylamine groups is 1. The van der Waals surface area contributed by atoms with E-state index in [0.717, 1.165) is 5.56 Å². The van der Waals surface area contributed by atoms with E-state index >= 15 is 0 Å². The molecule has 0 saturated carbocycles. The molecule has 5 heteroatoms. The molecule has 112 valence electrons. The number of hydrogen-bond acceptors (Lipinski definition) is 3. The van der Waals surface area contributed by atoms with Crippen molar-refractivity contribution in [3.05, 3.63) is 65.7 Å². The fourth-order valence-corrected chi connectivity index (χ4v) is 2.49. The Morgan fingerprint density at radius 3 is 2.64 bits per heavy atom. The van der Waals surface area contributed by atoms with Crippen molar-refractivity contribution in [2.24, 2.45) is 0 Å². The third-order valence-electron chi connectivity index (χ3n) is 3.63. The van der Waals surface area contributed by atoms with Crippen LogP contribution < -0.4 is 15.6 Å². The normalized spacial score (nSPS) is 16.2. The summed E-state index contributed by atoms with van der Waals surface area (Å²) >= 11 is 0. The number of rotatable bonds is 4. The lowest BCUT2D eigenvalue weighted by Crippen LogP contribution is -2.38. The number of hydrogen-bond donors (Lipinski definition) is 2. The Bertz CT molecular complexity index is 685. The molecule has 0 radical (unpaired) electrons. The Hall–Kier alpha value is -2.82. The minimum Gasteiger partial charge on any atom is -0.379 e. The summed E-state index contributed by atoms with van der Waals surface area (Å²) in [5.41, 5.74) is 3.86. The molecular formula is C17H16N2O3. The van der Waals surface area contributed by atoms with E-state index < -0.39 is 0 Å². The highest BCUT2D eigenvalue weighted by Gasteiger charge is 2.28. The van der Waals surface area contributed by atoms with Gasteiger partial charge in [-0.1, -0.05) is 36.4 Å². The second-order valence-electron chi connectivity index (χ2n) is 5.07. The minimum absolute atomic E-state index is 0.138. The summed E-state index contributed by atoms with van der Waals surface area (Å²) < 4.78 is 0. The van der Waals surface area contributed by atoms with Gasteiger partial charge in [0.2, 0.25) is 0 Å². The van der Waals surface area contributed by atoms with E-state index in [0.29, 0.717) is 24.3 Å². The van der Waals surface area contributed by atoms with Gasteiger partial charge >= 0.3 is 0 Å². The first-order chi connectivity index (χ1) is 10.8. The van der Waals surface area contributed by atoms with E-state index in [1.807, 2.05) is 42.5 Å². The molecule has 1 aliphatic rings. The first-order valence-corrected chi connectivity index (χ1v) is 7.14. The topological polar surface area (TPSA) is 67.4 Å². The predicted octanol–water partition coefficient (Wildman–Crippen LogP) is 2.01. The molecule has 0 aromatic heterocycles. The fourth-order valence-electron chi connectivity index (χ4n) is 2.49.